The summed E-state index contributed by atoms with van der Waals surface area (Å²) < 4.78 is 8.42. The molecule has 0 spiro atoms. The average Bonchev–Trinajstić information content (AvgIpc) is 2.85. The number of hydrogen-bond donors (Lipinski definition) is 2. The Kier molecular flexibility index (Phi) is 3.89. The van der Waals surface area contributed by atoms with E-state index in [2.05, 4.69) is 26.5 Å². The standard InChI is InChI=1S/C12H17BrN4O/c1-4-17-12(10(13)6-15-17)11(16-14)9-5-7(2)18-8(9)3/h5-6,11,16H,4,14H2,1-3H3. The molecule has 1 unspecified atom stereocenters. The third-order valence-electron chi connectivity index (χ3n) is 2.96. The van der Waals surface area contributed by atoms with Gasteiger partial charge in [0, 0.05) is 12.1 Å². The molecule has 6 heteroatoms. The predicted octanol–water partition coefficient (Wildman–Crippen LogP) is 2.43. The zero-order valence-electron chi connectivity index (χ0n) is 10.7. The van der Waals surface area contributed by atoms with E-state index in [1.165, 1.54) is 0 Å². The quantitative estimate of drug-likeness (QED) is 0.672. The fourth-order valence-corrected chi connectivity index (χ4v) is 2.69. The summed E-state index contributed by atoms with van der Waals surface area (Å²) >= 11 is 3.52. The van der Waals surface area contributed by atoms with Crippen molar-refractivity contribution in [3.05, 3.63) is 39.5 Å². The van der Waals surface area contributed by atoms with Crippen LogP contribution in [0.25, 0.3) is 0 Å². The Morgan fingerprint density at radius 1 is 1.56 bits per heavy atom. The maximum atomic E-state index is 5.71. The van der Waals surface area contributed by atoms with Gasteiger partial charge in [0.05, 0.1) is 22.4 Å². The number of furan rings is 1. The largest absolute Gasteiger partial charge is 0.466 e. The lowest BCUT2D eigenvalue weighted by Crippen LogP contribution is -2.31. The summed E-state index contributed by atoms with van der Waals surface area (Å²) in [5.41, 5.74) is 4.88. The first-order chi connectivity index (χ1) is 8.58. The van der Waals surface area contributed by atoms with Gasteiger partial charge in [-0.25, -0.2) is 5.43 Å². The molecule has 0 radical (unpaired) electrons. The molecule has 0 fully saturated rings. The molecule has 0 aliphatic heterocycles. The number of aryl methyl sites for hydroxylation is 3. The molecule has 0 aromatic carbocycles. The number of halogens is 1. The smallest absolute Gasteiger partial charge is 0.106 e. The van der Waals surface area contributed by atoms with Crippen molar-refractivity contribution >= 4 is 15.9 Å². The van der Waals surface area contributed by atoms with E-state index in [1.54, 1.807) is 6.20 Å². The minimum absolute atomic E-state index is 0.140. The summed E-state index contributed by atoms with van der Waals surface area (Å²) in [5.74, 6) is 7.46. The van der Waals surface area contributed by atoms with E-state index in [0.717, 1.165) is 33.8 Å². The van der Waals surface area contributed by atoms with Gasteiger partial charge in [-0.15, -0.1) is 0 Å². The van der Waals surface area contributed by atoms with Crippen LogP contribution in [0, 0.1) is 13.8 Å². The fraction of sp³-hybridized carbons (Fsp3) is 0.417. The fourth-order valence-electron chi connectivity index (χ4n) is 2.16. The molecule has 2 aromatic heterocycles. The van der Waals surface area contributed by atoms with Crippen LogP contribution in [0.5, 0.6) is 0 Å². The average molecular weight is 313 g/mol. The monoisotopic (exact) mass is 312 g/mol. The van der Waals surface area contributed by atoms with Crippen molar-refractivity contribution in [2.24, 2.45) is 5.84 Å². The molecule has 0 bridgehead atoms. The Morgan fingerprint density at radius 2 is 2.28 bits per heavy atom. The van der Waals surface area contributed by atoms with Crippen LogP contribution in [0.2, 0.25) is 0 Å². The van der Waals surface area contributed by atoms with Crippen LogP contribution in [0.3, 0.4) is 0 Å². The van der Waals surface area contributed by atoms with Crippen LogP contribution in [0.4, 0.5) is 0 Å². The number of rotatable bonds is 4. The lowest BCUT2D eigenvalue weighted by Gasteiger charge is -2.17. The Labute approximate surface area is 114 Å². The third kappa shape index (κ3) is 2.23. The van der Waals surface area contributed by atoms with Gasteiger partial charge < -0.3 is 4.42 Å². The van der Waals surface area contributed by atoms with Gasteiger partial charge in [0.25, 0.3) is 0 Å². The van der Waals surface area contributed by atoms with Crippen molar-refractivity contribution in [1.29, 1.82) is 0 Å². The number of nitrogens with one attached hydrogen (secondary N) is 1. The molecule has 18 heavy (non-hydrogen) atoms. The lowest BCUT2D eigenvalue weighted by atomic mass is 10.0. The number of hydrazine groups is 1. The zero-order valence-corrected chi connectivity index (χ0v) is 12.3. The molecule has 98 valence electrons. The molecule has 2 rings (SSSR count). The van der Waals surface area contributed by atoms with Crippen LogP contribution >= 0.6 is 15.9 Å². The van der Waals surface area contributed by atoms with Gasteiger partial charge in [-0.05, 0) is 42.8 Å². The van der Waals surface area contributed by atoms with Gasteiger partial charge >= 0.3 is 0 Å². The van der Waals surface area contributed by atoms with E-state index in [9.17, 15) is 0 Å². The summed E-state index contributed by atoms with van der Waals surface area (Å²) in [6, 6.07) is 1.86. The minimum Gasteiger partial charge on any atom is -0.466 e. The van der Waals surface area contributed by atoms with Gasteiger partial charge in [0.1, 0.15) is 11.5 Å². The van der Waals surface area contributed by atoms with Crippen LogP contribution < -0.4 is 11.3 Å². The van der Waals surface area contributed by atoms with E-state index in [0.29, 0.717) is 0 Å². The van der Waals surface area contributed by atoms with Crippen molar-refractivity contribution < 1.29 is 4.42 Å². The molecule has 1 atom stereocenters. The molecule has 0 aliphatic rings. The minimum atomic E-state index is -0.140. The topological polar surface area (TPSA) is 69.0 Å². The van der Waals surface area contributed by atoms with Crippen molar-refractivity contribution in [2.75, 3.05) is 0 Å². The van der Waals surface area contributed by atoms with E-state index < -0.39 is 0 Å². The number of nitrogens with zero attached hydrogens (tertiary/aromatic N) is 2. The molecular formula is C12H17BrN4O. The molecular weight excluding hydrogens is 296 g/mol. The lowest BCUT2D eigenvalue weighted by molar-refractivity contribution is 0.488. The number of hydrogen-bond acceptors (Lipinski definition) is 4. The summed E-state index contributed by atoms with van der Waals surface area (Å²) in [6.07, 6.45) is 1.78. The second-order valence-corrected chi connectivity index (χ2v) is 5.02. The number of aromatic nitrogens is 2. The Bertz CT molecular complexity index is 546. The summed E-state index contributed by atoms with van der Waals surface area (Å²) in [4.78, 5) is 0. The number of nitrogens with two attached hydrogens (primary N) is 1. The van der Waals surface area contributed by atoms with Crippen LogP contribution in [-0.2, 0) is 6.54 Å². The normalized spacial score (nSPS) is 12.9. The second kappa shape index (κ2) is 5.26. The van der Waals surface area contributed by atoms with Crippen molar-refractivity contribution in [2.45, 2.75) is 33.4 Å². The van der Waals surface area contributed by atoms with E-state index >= 15 is 0 Å². The first-order valence-corrected chi connectivity index (χ1v) is 6.62. The highest BCUT2D eigenvalue weighted by atomic mass is 79.9. The first kappa shape index (κ1) is 13.3. The summed E-state index contributed by atoms with van der Waals surface area (Å²) in [7, 11) is 0. The highest BCUT2D eigenvalue weighted by Crippen LogP contribution is 2.31. The third-order valence-corrected chi connectivity index (χ3v) is 3.57. The Morgan fingerprint density at radius 3 is 2.78 bits per heavy atom. The van der Waals surface area contributed by atoms with Crippen LogP contribution in [0.1, 0.15) is 35.7 Å². The molecule has 2 aromatic rings. The van der Waals surface area contributed by atoms with Crippen LogP contribution in [0.15, 0.2) is 21.2 Å². The van der Waals surface area contributed by atoms with Crippen molar-refractivity contribution in [3.63, 3.8) is 0 Å². The highest BCUT2D eigenvalue weighted by Gasteiger charge is 2.23. The molecule has 0 saturated heterocycles. The molecule has 3 N–H and O–H groups in total. The van der Waals surface area contributed by atoms with Crippen LogP contribution in [-0.4, -0.2) is 9.78 Å². The van der Waals surface area contributed by atoms with Gasteiger partial charge in [-0.2, -0.15) is 5.10 Å². The molecule has 0 aliphatic carbocycles. The highest BCUT2D eigenvalue weighted by molar-refractivity contribution is 9.10. The van der Waals surface area contributed by atoms with Gasteiger partial charge in [0.2, 0.25) is 0 Å². The first-order valence-electron chi connectivity index (χ1n) is 5.82. The predicted molar refractivity (Wildman–Crippen MR) is 72.9 cm³/mol. The molecule has 2 heterocycles. The van der Waals surface area contributed by atoms with Crippen molar-refractivity contribution in [1.82, 2.24) is 15.2 Å². The molecule has 0 saturated carbocycles. The summed E-state index contributed by atoms with van der Waals surface area (Å²) in [6.45, 7) is 6.70. The zero-order chi connectivity index (χ0) is 13.3. The van der Waals surface area contributed by atoms with Crippen molar-refractivity contribution in [3.8, 4) is 0 Å². The molecule has 5 nitrogen and oxygen atoms in total. The van der Waals surface area contributed by atoms with E-state index in [-0.39, 0.29) is 6.04 Å². The van der Waals surface area contributed by atoms with E-state index in [1.807, 2.05) is 31.5 Å². The Balaban J connectivity index is 2.51. The van der Waals surface area contributed by atoms with E-state index in [4.69, 9.17) is 10.3 Å². The van der Waals surface area contributed by atoms with Gasteiger partial charge in [-0.1, -0.05) is 0 Å². The summed E-state index contributed by atoms with van der Waals surface area (Å²) in [5, 5.41) is 4.31. The molecule has 0 amide bonds. The van der Waals surface area contributed by atoms with Gasteiger partial charge in [0.15, 0.2) is 0 Å². The Hall–Kier alpha value is -1.11. The maximum absolute atomic E-state index is 5.71. The SMILES string of the molecule is CCn1ncc(Br)c1C(NN)c1cc(C)oc1C. The second-order valence-electron chi connectivity index (χ2n) is 4.16. The maximum Gasteiger partial charge on any atom is 0.106 e. The van der Waals surface area contributed by atoms with Gasteiger partial charge in [-0.3, -0.25) is 10.5 Å².